The largest absolute Gasteiger partial charge is 0.478 e. The third kappa shape index (κ3) is 4.25. The van der Waals surface area contributed by atoms with E-state index in [0.29, 0.717) is 11.0 Å². The van der Waals surface area contributed by atoms with Gasteiger partial charge in [0.25, 0.3) is 5.91 Å². The van der Waals surface area contributed by atoms with Crippen LogP contribution in [0, 0.1) is 0 Å². The minimum Gasteiger partial charge on any atom is -0.478 e. The van der Waals surface area contributed by atoms with Crippen molar-refractivity contribution in [3.63, 3.8) is 0 Å². The van der Waals surface area contributed by atoms with Crippen molar-refractivity contribution in [2.45, 2.75) is 0 Å². The number of anilines is 1. The van der Waals surface area contributed by atoms with Crippen LogP contribution in [0.25, 0.3) is 16.5 Å². The van der Waals surface area contributed by atoms with Gasteiger partial charge in [-0.3, -0.25) is 4.79 Å². The highest BCUT2D eigenvalue weighted by molar-refractivity contribution is 7.15. The summed E-state index contributed by atoms with van der Waals surface area (Å²) in [7, 11) is 0. The molecule has 2 aromatic heterocycles. The monoisotopic (exact) mass is 416 g/mol. The summed E-state index contributed by atoms with van der Waals surface area (Å²) in [5.74, 6) is -4.20. The van der Waals surface area contributed by atoms with Gasteiger partial charge in [0.05, 0.1) is 0 Å². The van der Waals surface area contributed by atoms with Crippen molar-refractivity contribution in [3.05, 3.63) is 83.1 Å². The zero-order chi connectivity index (χ0) is 21.1. The molecule has 0 radical (unpaired) electrons. The number of hydrogen-bond acceptors (Lipinski definition) is 5. The molecule has 0 bridgehead atoms. The number of hydrogen-bond donors (Lipinski definition) is 3. The molecule has 0 aliphatic carbocycles. The van der Waals surface area contributed by atoms with Gasteiger partial charge >= 0.3 is 5.97 Å². The number of rotatable bonds is 6. The number of carboxylic acids is 1. The molecule has 6 nitrogen and oxygen atoms in total. The Morgan fingerprint density at radius 2 is 1.97 bits per heavy atom. The van der Waals surface area contributed by atoms with Gasteiger partial charge < -0.3 is 20.6 Å². The molecule has 1 aromatic carbocycles. The van der Waals surface area contributed by atoms with Crippen molar-refractivity contribution in [1.82, 2.24) is 0 Å². The van der Waals surface area contributed by atoms with E-state index >= 15 is 0 Å². The summed E-state index contributed by atoms with van der Waals surface area (Å²) < 4.78 is 32.1. The Morgan fingerprint density at radius 3 is 2.59 bits per heavy atom. The van der Waals surface area contributed by atoms with E-state index in [1.165, 1.54) is 11.4 Å². The molecule has 0 fully saturated rings. The molecule has 9 heteroatoms. The molecule has 29 heavy (non-hydrogen) atoms. The molecule has 0 aliphatic heterocycles. The summed E-state index contributed by atoms with van der Waals surface area (Å²) in [6.07, 6.45) is 1.81. The SMILES string of the molecule is C=C(F)/C=C\C(=C(/N)F)c1csc(NC(=O)c2cc3ccccc3o2)c1C(=O)O. The maximum atomic E-state index is 13.8. The number of para-hydroxylation sites is 1. The standard InChI is InChI=1S/C20H14F2N2O4S/c1-10(21)6-7-12(17(22)23)13-9-29-19(16(13)20(26)27)24-18(25)15-8-11-4-2-3-5-14(11)28-15/h2-9H,1,23H2,(H,24,25)(H,26,27)/b7-6-,17-12+. The van der Waals surface area contributed by atoms with Gasteiger partial charge in [-0.2, -0.15) is 4.39 Å². The summed E-state index contributed by atoms with van der Waals surface area (Å²) in [6, 6.07) is 8.48. The van der Waals surface area contributed by atoms with Gasteiger partial charge in [0.15, 0.2) is 11.7 Å². The number of nitrogens with two attached hydrogens (primary N) is 1. The number of carbonyl (C=O) groups excluding carboxylic acids is 1. The number of carbonyl (C=O) groups is 2. The smallest absolute Gasteiger partial charge is 0.339 e. The van der Waals surface area contributed by atoms with Crippen molar-refractivity contribution in [2.24, 2.45) is 5.73 Å². The van der Waals surface area contributed by atoms with E-state index in [1.807, 2.05) is 0 Å². The van der Waals surface area contributed by atoms with Crippen LogP contribution in [0.1, 0.15) is 26.5 Å². The van der Waals surface area contributed by atoms with Gasteiger partial charge in [-0.25, -0.2) is 9.18 Å². The summed E-state index contributed by atoms with van der Waals surface area (Å²) in [6.45, 7) is 3.01. The zero-order valence-electron chi connectivity index (χ0n) is 14.7. The molecule has 3 aromatic rings. The van der Waals surface area contributed by atoms with E-state index in [4.69, 9.17) is 10.2 Å². The average Bonchev–Trinajstić information content (AvgIpc) is 3.25. The summed E-state index contributed by atoms with van der Waals surface area (Å²) in [4.78, 5) is 24.3. The lowest BCUT2D eigenvalue weighted by molar-refractivity contribution is 0.0698. The number of carboxylic acid groups (broad SMARTS) is 1. The van der Waals surface area contributed by atoms with E-state index in [-0.39, 0.29) is 27.5 Å². The number of thiophene rings is 1. The lowest BCUT2D eigenvalue weighted by Crippen LogP contribution is -2.13. The van der Waals surface area contributed by atoms with Crippen LogP contribution in [0.4, 0.5) is 13.8 Å². The number of fused-ring (bicyclic) bond motifs is 1. The van der Waals surface area contributed by atoms with E-state index in [1.54, 1.807) is 24.3 Å². The maximum absolute atomic E-state index is 13.8. The van der Waals surface area contributed by atoms with E-state index in [9.17, 15) is 23.5 Å². The maximum Gasteiger partial charge on any atom is 0.339 e. The van der Waals surface area contributed by atoms with Crippen LogP contribution in [-0.2, 0) is 0 Å². The molecular formula is C20H14F2N2O4S. The van der Waals surface area contributed by atoms with Crippen molar-refractivity contribution >= 4 is 44.8 Å². The van der Waals surface area contributed by atoms with Crippen molar-refractivity contribution in [3.8, 4) is 0 Å². The van der Waals surface area contributed by atoms with Gasteiger partial charge in [0.1, 0.15) is 22.0 Å². The normalized spacial score (nSPS) is 12.2. The molecule has 0 spiro atoms. The molecular weight excluding hydrogens is 402 g/mol. The van der Waals surface area contributed by atoms with Crippen molar-refractivity contribution in [2.75, 3.05) is 5.32 Å². The quantitative estimate of drug-likeness (QED) is 0.384. The first-order valence-electron chi connectivity index (χ1n) is 8.10. The summed E-state index contributed by atoms with van der Waals surface area (Å²) in [5, 5.41) is 14.0. The van der Waals surface area contributed by atoms with E-state index in [2.05, 4.69) is 11.9 Å². The molecule has 1 amide bonds. The van der Waals surface area contributed by atoms with E-state index in [0.717, 1.165) is 23.5 Å². The first-order valence-corrected chi connectivity index (χ1v) is 8.98. The third-order valence-corrected chi connectivity index (χ3v) is 4.76. The molecule has 3 rings (SSSR count). The Hall–Kier alpha value is -3.72. The highest BCUT2D eigenvalue weighted by Gasteiger charge is 2.24. The fraction of sp³-hybridized carbons (Fsp3) is 0. The number of halogens is 2. The number of benzene rings is 1. The lowest BCUT2D eigenvalue weighted by Gasteiger charge is -2.06. The van der Waals surface area contributed by atoms with Crippen molar-refractivity contribution in [1.29, 1.82) is 0 Å². The van der Waals surface area contributed by atoms with Crippen LogP contribution < -0.4 is 11.1 Å². The topological polar surface area (TPSA) is 106 Å². The third-order valence-electron chi connectivity index (χ3n) is 3.86. The number of nitrogens with one attached hydrogen (secondary N) is 1. The van der Waals surface area contributed by atoms with Crippen LogP contribution in [-0.4, -0.2) is 17.0 Å². The highest BCUT2D eigenvalue weighted by Crippen LogP contribution is 2.35. The fourth-order valence-corrected chi connectivity index (χ4v) is 3.54. The Labute approximate surface area is 167 Å². The second kappa shape index (κ2) is 8.11. The number of aromatic carboxylic acids is 1. The predicted molar refractivity (Wildman–Crippen MR) is 107 cm³/mol. The van der Waals surface area contributed by atoms with Crippen LogP contribution >= 0.6 is 11.3 Å². The second-order valence-corrected chi connectivity index (χ2v) is 6.68. The Kier molecular flexibility index (Phi) is 5.60. The van der Waals surface area contributed by atoms with Crippen LogP contribution in [0.5, 0.6) is 0 Å². The molecule has 0 saturated carbocycles. The van der Waals surface area contributed by atoms with E-state index < -0.39 is 23.7 Å². The minimum absolute atomic E-state index is 0.0214. The molecule has 2 heterocycles. The first kappa shape index (κ1) is 20.0. The van der Waals surface area contributed by atoms with Crippen LogP contribution in [0.3, 0.4) is 0 Å². The molecule has 0 atom stereocenters. The lowest BCUT2D eigenvalue weighted by atomic mass is 10.0. The number of furan rings is 1. The zero-order valence-corrected chi connectivity index (χ0v) is 15.6. The molecule has 0 unspecified atom stereocenters. The van der Waals surface area contributed by atoms with Gasteiger partial charge in [-0.05, 0) is 24.3 Å². The summed E-state index contributed by atoms with van der Waals surface area (Å²) in [5.41, 5.74) is 4.84. The van der Waals surface area contributed by atoms with Crippen LogP contribution in [0.2, 0.25) is 0 Å². The summed E-state index contributed by atoms with van der Waals surface area (Å²) >= 11 is 0.853. The average molecular weight is 416 g/mol. The fourth-order valence-electron chi connectivity index (χ4n) is 2.59. The van der Waals surface area contributed by atoms with Gasteiger partial charge in [0, 0.05) is 21.9 Å². The Balaban J connectivity index is 1.98. The number of allylic oxidation sites excluding steroid dienone is 4. The van der Waals surface area contributed by atoms with Crippen LogP contribution in [0.15, 0.2) is 70.6 Å². The molecule has 0 saturated heterocycles. The highest BCUT2D eigenvalue weighted by atomic mass is 32.1. The van der Waals surface area contributed by atoms with Gasteiger partial charge in [-0.15, -0.1) is 11.3 Å². The van der Waals surface area contributed by atoms with Gasteiger partial charge in [0.2, 0.25) is 0 Å². The first-order chi connectivity index (χ1) is 13.8. The van der Waals surface area contributed by atoms with Gasteiger partial charge in [-0.1, -0.05) is 24.8 Å². The minimum atomic E-state index is -1.42. The predicted octanol–water partition coefficient (Wildman–Crippen LogP) is 5.08. The molecule has 148 valence electrons. The molecule has 0 aliphatic rings. The second-order valence-electron chi connectivity index (χ2n) is 5.80. The Bertz CT molecular complexity index is 1150. The Morgan fingerprint density at radius 1 is 1.24 bits per heavy atom. The molecule has 4 N–H and O–H groups in total. The van der Waals surface area contributed by atoms with Crippen molar-refractivity contribution < 1.29 is 27.9 Å². The number of amides is 1.